The summed E-state index contributed by atoms with van der Waals surface area (Å²) in [7, 11) is 0. The topological polar surface area (TPSA) is 17.1 Å². The summed E-state index contributed by atoms with van der Waals surface area (Å²) in [5.74, 6) is -0.746. The minimum Gasteiger partial charge on any atom is -0.293 e. The maximum Gasteiger partial charge on any atom is 0.295 e. The number of alkyl halides is 2. The molecule has 3 heteroatoms. The van der Waals surface area contributed by atoms with Crippen molar-refractivity contribution in [3.8, 4) is 0 Å². The molecule has 1 nitrogen and oxygen atoms in total. The van der Waals surface area contributed by atoms with Crippen LogP contribution in [0.5, 0.6) is 0 Å². The van der Waals surface area contributed by atoms with E-state index >= 15 is 0 Å². The summed E-state index contributed by atoms with van der Waals surface area (Å²) in [6.45, 7) is 4.00. The molecule has 0 aromatic heterocycles. The van der Waals surface area contributed by atoms with Crippen LogP contribution in [0.25, 0.3) is 0 Å². The largest absolute Gasteiger partial charge is 0.295 e. The van der Waals surface area contributed by atoms with E-state index in [-0.39, 0.29) is 12.3 Å². The highest BCUT2D eigenvalue weighted by Gasteiger charge is 2.19. The molecule has 0 aliphatic heterocycles. The van der Waals surface area contributed by atoms with E-state index in [1.54, 1.807) is 0 Å². The number of carbonyl (C=O) groups excluding carboxylic acids is 1. The summed E-state index contributed by atoms with van der Waals surface area (Å²) < 4.78 is 23.8. The van der Waals surface area contributed by atoms with Gasteiger partial charge in [0, 0.05) is 6.42 Å². The van der Waals surface area contributed by atoms with Gasteiger partial charge in [-0.25, -0.2) is 8.78 Å². The molecule has 13 heavy (non-hydrogen) atoms. The van der Waals surface area contributed by atoms with Crippen LogP contribution in [-0.2, 0) is 4.79 Å². The number of carbonyl (C=O) groups is 1. The summed E-state index contributed by atoms with van der Waals surface area (Å²) in [6, 6.07) is 0. The van der Waals surface area contributed by atoms with Gasteiger partial charge >= 0.3 is 0 Å². The van der Waals surface area contributed by atoms with Crippen LogP contribution < -0.4 is 0 Å². The van der Waals surface area contributed by atoms with Crippen LogP contribution in [0.3, 0.4) is 0 Å². The molecule has 0 aliphatic rings. The molecule has 0 spiro atoms. The molecule has 0 amide bonds. The molecule has 0 saturated carbocycles. The lowest BCUT2D eigenvalue weighted by Crippen LogP contribution is -2.15. The molecule has 0 aliphatic carbocycles. The standard InChI is InChI=1S/C10H18F2O/c1-3-5-6-8(4-2)7-9(13)10(11)12/h8,10H,3-7H2,1-2H3. The van der Waals surface area contributed by atoms with Gasteiger partial charge in [0.15, 0.2) is 5.78 Å². The minimum absolute atomic E-state index is 0.0498. The zero-order valence-electron chi connectivity index (χ0n) is 8.35. The molecule has 0 N–H and O–H groups in total. The van der Waals surface area contributed by atoms with E-state index in [1.807, 2.05) is 6.92 Å². The summed E-state index contributed by atoms with van der Waals surface area (Å²) in [5.41, 5.74) is 0. The summed E-state index contributed by atoms with van der Waals surface area (Å²) in [5, 5.41) is 0. The van der Waals surface area contributed by atoms with Crippen LogP contribution in [-0.4, -0.2) is 12.2 Å². The Balaban J connectivity index is 3.76. The third kappa shape index (κ3) is 5.72. The molecular weight excluding hydrogens is 174 g/mol. The Kier molecular flexibility index (Phi) is 6.73. The zero-order chi connectivity index (χ0) is 10.3. The first-order valence-corrected chi connectivity index (χ1v) is 4.92. The van der Waals surface area contributed by atoms with Crippen LogP contribution in [0.2, 0.25) is 0 Å². The average Bonchev–Trinajstić information content (AvgIpc) is 2.11. The minimum atomic E-state index is -2.78. The normalized spacial score (nSPS) is 13.3. The van der Waals surface area contributed by atoms with Gasteiger partial charge in [0.2, 0.25) is 0 Å². The van der Waals surface area contributed by atoms with Crippen LogP contribution in [0.15, 0.2) is 0 Å². The Morgan fingerprint density at radius 1 is 1.31 bits per heavy atom. The zero-order valence-corrected chi connectivity index (χ0v) is 8.35. The van der Waals surface area contributed by atoms with E-state index in [2.05, 4.69) is 6.92 Å². The monoisotopic (exact) mass is 192 g/mol. The fraction of sp³-hybridized carbons (Fsp3) is 0.900. The van der Waals surface area contributed by atoms with E-state index in [0.29, 0.717) is 0 Å². The molecule has 0 radical (unpaired) electrons. The molecule has 0 fully saturated rings. The van der Waals surface area contributed by atoms with E-state index in [9.17, 15) is 13.6 Å². The third-order valence-electron chi connectivity index (χ3n) is 2.28. The fourth-order valence-corrected chi connectivity index (χ4v) is 1.32. The van der Waals surface area contributed by atoms with Crippen molar-refractivity contribution in [2.45, 2.75) is 52.4 Å². The van der Waals surface area contributed by atoms with Gasteiger partial charge in [-0.05, 0) is 5.92 Å². The predicted molar refractivity (Wildman–Crippen MR) is 48.9 cm³/mol. The lowest BCUT2D eigenvalue weighted by molar-refractivity contribution is -0.130. The van der Waals surface area contributed by atoms with Crippen molar-refractivity contribution in [2.24, 2.45) is 5.92 Å². The first-order chi connectivity index (χ1) is 6.11. The Labute approximate surface area is 78.5 Å². The SMILES string of the molecule is CCCCC(CC)CC(=O)C(F)F. The first-order valence-electron chi connectivity index (χ1n) is 4.92. The van der Waals surface area contributed by atoms with Crippen molar-refractivity contribution in [2.75, 3.05) is 0 Å². The molecular formula is C10H18F2O. The maximum absolute atomic E-state index is 11.9. The Bertz CT molecular complexity index is 146. The summed E-state index contributed by atoms with van der Waals surface area (Å²) >= 11 is 0. The van der Waals surface area contributed by atoms with E-state index < -0.39 is 12.2 Å². The molecule has 0 heterocycles. The van der Waals surface area contributed by atoms with Gasteiger partial charge in [0.25, 0.3) is 6.43 Å². The van der Waals surface area contributed by atoms with Gasteiger partial charge in [-0.15, -0.1) is 0 Å². The number of hydrogen-bond donors (Lipinski definition) is 0. The van der Waals surface area contributed by atoms with Gasteiger partial charge < -0.3 is 0 Å². The number of halogens is 2. The summed E-state index contributed by atoms with van der Waals surface area (Å²) in [6.07, 6.45) is 1.06. The van der Waals surface area contributed by atoms with Crippen LogP contribution >= 0.6 is 0 Å². The van der Waals surface area contributed by atoms with Crippen molar-refractivity contribution in [1.29, 1.82) is 0 Å². The van der Waals surface area contributed by atoms with E-state index in [0.717, 1.165) is 25.7 Å². The molecule has 1 unspecified atom stereocenters. The van der Waals surface area contributed by atoms with Crippen molar-refractivity contribution in [3.63, 3.8) is 0 Å². The fourth-order valence-electron chi connectivity index (χ4n) is 1.32. The van der Waals surface area contributed by atoms with Gasteiger partial charge in [-0.1, -0.05) is 39.5 Å². The van der Waals surface area contributed by atoms with Crippen LogP contribution in [0.4, 0.5) is 8.78 Å². The number of rotatable bonds is 7. The highest BCUT2D eigenvalue weighted by Crippen LogP contribution is 2.18. The van der Waals surface area contributed by atoms with Gasteiger partial charge in [0.05, 0.1) is 0 Å². The van der Waals surface area contributed by atoms with Crippen LogP contribution in [0.1, 0.15) is 46.0 Å². The van der Waals surface area contributed by atoms with Crippen molar-refractivity contribution in [1.82, 2.24) is 0 Å². The van der Waals surface area contributed by atoms with Crippen molar-refractivity contribution in [3.05, 3.63) is 0 Å². The number of ketones is 1. The number of unbranched alkanes of at least 4 members (excludes halogenated alkanes) is 1. The molecule has 0 saturated heterocycles. The Hall–Kier alpha value is -0.470. The second-order valence-electron chi connectivity index (χ2n) is 3.39. The second-order valence-corrected chi connectivity index (χ2v) is 3.39. The van der Waals surface area contributed by atoms with Crippen LogP contribution in [0, 0.1) is 5.92 Å². The maximum atomic E-state index is 11.9. The van der Waals surface area contributed by atoms with Gasteiger partial charge in [0.1, 0.15) is 0 Å². The molecule has 0 aromatic carbocycles. The van der Waals surface area contributed by atoms with Crippen molar-refractivity contribution >= 4 is 5.78 Å². The summed E-state index contributed by atoms with van der Waals surface area (Å²) in [4.78, 5) is 10.7. The van der Waals surface area contributed by atoms with Gasteiger partial charge in [-0.3, -0.25) is 4.79 Å². The lowest BCUT2D eigenvalue weighted by atomic mass is 9.94. The molecule has 78 valence electrons. The quantitative estimate of drug-likeness (QED) is 0.604. The number of hydrogen-bond acceptors (Lipinski definition) is 1. The third-order valence-corrected chi connectivity index (χ3v) is 2.28. The highest BCUT2D eigenvalue weighted by molar-refractivity contribution is 5.81. The number of Topliss-reactive ketones (excluding diaryl/α,β-unsaturated/α-hetero) is 1. The van der Waals surface area contributed by atoms with Gasteiger partial charge in [-0.2, -0.15) is 0 Å². The molecule has 0 bridgehead atoms. The van der Waals surface area contributed by atoms with E-state index in [4.69, 9.17) is 0 Å². The Morgan fingerprint density at radius 3 is 2.31 bits per heavy atom. The molecule has 0 rings (SSSR count). The predicted octanol–water partition coefficient (Wildman–Crippen LogP) is 3.43. The molecule has 0 aromatic rings. The second kappa shape index (κ2) is 6.98. The average molecular weight is 192 g/mol. The van der Waals surface area contributed by atoms with Crippen molar-refractivity contribution < 1.29 is 13.6 Å². The molecule has 1 atom stereocenters. The van der Waals surface area contributed by atoms with E-state index in [1.165, 1.54) is 0 Å². The lowest BCUT2D eigenvalue weighted by Gasteiger charge is -2.12. The smallest absolute Gasteiger partial charge is 0.293 e. The Morgan fingerprint density at radius 2 is 1.92 bits per heavy atom. The highest BCUT2D eigenvalue weighted by atomic mass is 19.3. The first kappa shape index (κ1) is 12.5.